The Morgan fingerprint density at radius 3 is 2.88 bits per heavy atom. The Labute approximate surface area is 146 Å². The number of hydrogen-bond donors (Lipinski definition) is 0. The van der Waals surface area contributed by atoms with E-state index in [2.05, 4.69) is 0 Å². The fourth-order valence-electron chi connectivity index (χ4n) is 3.14. The number of rotatable bonds is 5. The second-order valence-electron chi connectivity index (χ2n) is 6.12. The van der Waals surface area contributed by atoms with Crippen LogP contribution in [0.3, 0.4) is 0 Å². The zero-order valence-corrected chi connectivity index (χ0v) is 14.1. The van der Waals surface area contributed by atoms with Crippen LogP contribution in [0, 0.1) is 5.82 Å². The van der Waals surface area contributed by atoms with Crippen molar-refractivity contribution in [2.75, 3.05) is 20.3 Å². The smallest absolute Gasteiger partial charge is 0.225 e. The third-order valence-electron chi connectivity index (χ3n) is 4.56. The van der Waals surface area contributed by atoms with Crippen LogP contribution in [0.25, 0.3) is 11.1 Å². The average Bonchev–Trinajstić information content (AvgIpc) is 2.65. The third kappa shape index (κ3) is 3.61. The van der Waals surface area contributed by atoms with Gasteiger partial charge in [0.1, 0.15) is 5.82 Å². The van der Waals surface area contributed by atoms with E-state index < -0.39 is 5.82 Å². The lowest BCUT2D eigenvalue weighted by atomic mass is 9.93. The first kappa shape index (κ1) is 17.3. The van der Waals surface area contributed by atoms with E-state index in [9.17, 15) is 14.0 Å². The Balaban J connectivity index is 1.83. The normalized spacial score (nSPS) is 13.4. The molecule has 0 aliphatic carbocycles. The number of aldehydes is 1. The number of benzene rings is 2. The van der Waals surface area contributed by atoms with Gasteiger partial charge in [0.05, 0.1) is 18.6 Å². The molecule has 1 aliphatic heterocycles. The highest BCUT2D eigenvalue weighted by atomic mass is 19.1. The first-order chi connectivity index (χ1) is 12.1. The number of amides is 1. The van der Waals surface area contributed by atoms with Crippen molar-refractivity contribution in [3.8, 4) is 11.1 Å². The molecule has 0 fully saturated rings. The minimum absolute atomic E-state index is 0.0603. The Hall–Kier alpha value is -2.53. The summed E-state index contributed by atoms with van der Waals surface area (Å²) < 4.78 is 19.3. The lowest BCUT2D eigenvalue weighted by Gasteiger charge is -2.29. The summed E-state index contributed by atoms with van der Waals surface area (Å²) in [4.78, 5) is 24.9. The van der Waals surface area contributed by atoms with Crippen LogP contribution in [0.2, 0.25) is 0 Å². The molecule has 130 valence electrons. The van der Waals surface area contributed by atoms with E-state index in [0.717, 1.165) is 23.1 Å². The van der Waals surface area contributed by atoms with Crippen LogP contribution in [0.15, 0.2) is 36.4 Å². The van der Waals surface area contributed by atoms with E-state index in [1.165, 1.54) is 6.07 Å². The van der Waals surface area contributed by atoms with Crippen LogP contribution < -0.4 is 0 Å². The summed E-state index contributed by atoms with van der Waals surface area (Å²) in [5, 5.41) is 0. The van der Waals surface area contributed by atoms with Crippen molar-refractivity contribution in [1.29, 1.82) is 0 Å². The van der Waals surface area contributed by atoms with Crippen molar-refractivity contribution < 1.29 is 18.7 Å². The van der Waals surface area contributed by atoms with E-state index in [0.29, 0.717) is 38.0 Å². The number of halogens is 1. The SMILES string of the molecule is COCCC(=O)N1CCc2cc(-c3cccc(C=O)c3F)ccc2C1. The van der Waals surface area contributed by atoms with Gasteiger partial charge in [0.25, 0.3) is 0 Å². The molecule has 0 saturated heterocycles. The summed E-state index contributed by atoms with van der Waals surface area (Å²) in [5.41, 5.74) is 3.42. The molecule has 0 bridgehead atoms. The van der Waals surface area contributed by atoms with E-state index >= 15 is 0 Å². The van der Waals surface area contributed by atoms with Gasteiger partial charge in [-0.3, -0.25) is 9.59 Å². The second kappa shape index (κ2) is 7.57. The zero-order valence-electron chi connectivity index (χ0n) is 14.1. The lowest BCUT2D eigenvalue weighted by Crippen LogP contribution is -2.36. The molecule has 1 aliphatic rings. The van der Waals surface area contributed by atoms with Gasteiger partial charge in [0, 0.05) is 25.8 Å². The number of ether oxygens (including phenoxy) is 1. The fourth-order valence-corrected chi connectivity index (χ4v) is 3.14. The van der Waals surface area contributed by atoms with Gasteiger partial charge in [-0.1, -0.05) is 30.3 Å². The molecule has 2 aromatic carbocycles. The molecule has 1 amide bonds. The van der Waals surface area contributed by atoms with Crippen molar-refractivity contribution in [1.82, 2.24) is 4.90 Å². The highest BCUT2D eigenvalue weighted by molar-refractivity contribution is 5.80. The van der Waals surface area contributed by atoms with Crippen LogP contribution in [0.1, 0.15) is 27.9 Å². The number of fused-ring (bicyclic) bond motifs is 1. The molecule has 4 nitrogen and oxygen atoms in total. The number of nitrogens with zero attached hydrogens (tertiary/aromatic N) is 1. The second-order valence-corrected chi connectivity index (χ2v) is 6.12. The first-order valence-electron chi connectivity index (χ1n) is 8.26. The molecule has 25 heavy (non-hydrogen) atoms. The summed E-state index contributed by atoms with van der Waals surface area (Å²) in [6.07, 6.45) is 1.64. The molecule has 0 saturated carbocycles. The Bertz CT molecular complexity index is 804. The fraction of sp³-hybridized carbons (Fsp3) is 0.300. The van der Waals surface area contributed by atoms with Crippen LogP contribution >= 0.6 is 0 Å². The lowest BCUT2D eigenvalue weighted by molar-refractivity contribution is -0.133. The summed E-state index contributed by atoms with van der Waals surface area (Å²) in [6, 6.07) is 10.6. The molecule has 3 rings (SSSR count). The van der Waals surface area contributed by atoms with E-state index in [4.69, 9.17) is 4.74 Å². The highest BCUT2D eigenvalue weighted by Crippen LogP contribution is 2.29. The van der Waals surface area contributed by atoms with E-state index in [1.54, 1.807) is 19.2 Å². The number of methoxy groups -OCH3 is 1. The molecular formula is C20H20FNO3. The maximum absolute atomic E-state index is 14.4. The minimum Gasteiger partial charge on any atom is -0.384 e. The van der Waals surface area contributed by atoms with Crippen LogP contribution in [0.5, 0.6) is 0 Å². The molecule has 0 atom stereocenters. The van der Waals surface area contributed by atoms with Crippen LogP contribution in [-0.2, 0) is 22.5 Å². The predicted molar refractivity (Wildman–Crippen MR) is 92.8 cm³/mol. The maximum atomic E-state index is 14.4. The van der Waals surface area contributed by atoms with E-state index in [-0.39, 0.29) is 11.5 Å². The zero-order chi connectivity index (χ0) is 17.8. The molecule has 0 aromatic heterocycles. The first-order valence-corrected chi connectivity index (χ1v) is 8.26. The van der Waals surface area contributed by atoms with Gasteiger partial charge in [-0.05, 0) is 29.2 Å². The Morgan fingerprint density at radius 2 is 2.12 bits per heavy atom. The quantitative estimate of drug-likeness (QED) is 0.785. The van der Waals surface area contributed by atoms with Crippen molar-refractivity contribution in [2.24, 2.45) is 0 Å². The summed E-state index contributed by atoms with van der Waals surface area (Å²) in [5.74, 6) is -0.411. The monoisotopic (exact) mass is 341 g/mol. The van der Waals surface area contributed by atoms with Gasteiger partial charge < -0.3 is 9.64 Å². The van der Waals surface area contributed by atoms with Crippen molar-refractivity contribution in [2.45, 2.75) is 19.4 Å². The molecular weight excluding hydrogens is 321 g/mol. The molecule has 0 radical (unpaired) electrons. The highest BCUT2D eigenvalue weighted by Gasteiger charge is 2.21. The largest absolute Gasteiger partial charge is 0.384 e. The average molecular weight is 341 g/mol. The Morgan fingerprint density at radius 1 is 1.28 bits per heavy atom. The van der Waals surface area contributed by atoms with Crippen LogP contribution in [-0.4, -0.2) is 37.4 Å². The molecule has 0 N–H and O–H groups in total. The molecule has 0 spiro atoms. The number of hydrogen-bond acceptors (Lipinski definition) is 3. The molecule has 5 heteroatoms. The summed E-state index contributed by atoms with van der Waals surface area (Å²) in [6.45, 7) is 1.64. The van der Waals surface area contributed by atoms with Crippen molar-refractivity contribution in [3.05, 3.63) is 58.9 Å². The van der Waals surface area contributed by atoms with Gasteiger partial charge in [-0.15, -0.1) is 0 Å². The predicted octanol–water partition coefficient (Wildman–Crippen LogP) is 3.23. The Kier molecular flexibility index (Phi) is 5.24. The molecule has 0 unspecified atom stereocenters. The molecule has 1 heterocycles. The summed E-state index contributed by atoms with van der Waals surface area (Å²) >= 11 is 0. The van der Waals surface area contributed by atoms with E-state index in [1.807, 2.05) is 23.1 Å². The summed E-state index contributed by atoms with van der Waals surface area (Å²) in [7, 11) is 1.58. The maximum Gasteiger partial charge on any atom is 0.225 e. The standard InChI is InChI=1S/C20H20FNO3/c1-25-10-8-19(24)22-9-7-14-11-15(5-6-16(14)12-22)18-4-2-3-17(13-23)20(18)21/h2-6,11,13H,7-10,12H2,1H3. The van der Waals surface area contributed by atoms with Gasteiger partial charge in [0.2, 0.25) is 5.91 Å². The van der Waals surface area contributed by atoms with Gasteiger partial charge in [-0.25, -0.2) is 4.39 Å². The van der Waals surface area contributed by atoms with Gasteiger partial charge in [-0.2, -0.15) is 0 Å². The third-order valence-corrected chi connectivity index (χ3v) is 4.56. The minimum atomic E-state index is -0.496. The van der Waals surface area contributed by atoms with Gasteiger partial charge >= 0.3 is 0 Å². The topological polar surface area (TPSA) is 46.6 Å². The van der Waals surface area contributed by atoms with Crippen LogP contribution in [0.4, 0.5) is 4.39 Å². The van der Waals surface area contributed by atoms with Gasteiger partial charge in [0.15, 0.2) is 6.29 Å². The molecule has 2 aromatic rings. The van der Waals surface area contributed by atoms with Crippen molar-refractivity contribution >= 4 is 12.2 Å². The number of carbonyl (C=O) groups excluding carboxylic acids is 2. The number of carbonyl (C=O) groups is 2. The van der Waals surface area contributed by atoms with Crippen molar-refractivity contribution in [3.63, 3.8) is 0 Å².